The van der Waals surface area contributed by atoms with Crippen molar-refractivity contribution in [3.8, 4) is 0 Å². The second kappa shape index (κ2) is 7.86. The Kier molecular flexibility index (Phi) is 5.56. The summed E-state index contributed by atoms with van der Waals surface area (Å²) in [5.41, 5.74) is 2.74. The number of anilines is 1. The highest BCUT2D eigenvalue weighted by Crippen LogP contribution is 2.32. The minimum absolute atomic E-state index is 0.261. The highest BCUT2D eigenvalue weighted by Gasteiger charge is 2.26. The lowest BCUT2D eigenvalue weighted by atomic mass is 10.1. The second-order valence-corrected chi connectivity index (χ2v) is 6.73. The molecule has 2 aromatic carbocycles. The third kappa shape index (κ3) is 3.88. The number of ether oxygens (including phenoxy) is 1. The molecule has 1 aliphatic heterocycles. The fraction of sp³-hybridized carbons (Fsp3) is 0.263. The van der Waals surface area contributed by atoms with Crippen LogP contribution in [0.15, 0.2) is 40.9 Å². The van der Waals surface area contributed by atoms with Crippen LogP contribution in [0.25, 0.3) is 0 Å². The summed E-state index contributed by atoms with van der Waals surface area (Å²) in [5, 5.41) is 2.81. The molecule has 1 aliphatic rings. The van der Waals surface area contributed by atoms with E-state index in [2.05, 4.69) is 21.2 Å². The molecule has 3 rings (SSSR count). The van der Waals surface area contributed by atoms with E-state index in [1.165, 1.54) is 11.0 Å². The Bertz CT molecular complexity index is 857. The van der Waals surface area contributed by atoms with Gasteiger partial charge in [0.25, 0.3) is 0 Å². The minimum atomic E-state index is -0.398. The summed E-state index contributed by atoms with van der Waals surface area (Å²) < 4.78 is 19.2. The Morgan fingerprint density at radius 2 is 2.12 bits per heavy atom. The van der Waals surface area contributed by atoms with Gasteiger partial charge in [0.2, 0.25) is 0 Å². The Balaban J connectivity index is 1.67. The smallest absolute Gasteiger partial charge is 0.338 e. The highest BCUT2D eigenvalue weighted by molar-refractivity contribution is 9.10. The topological polar surface area (TPSA) is 58.6 Å². The number of nitrogens with one attached hydrogen (secondary N) is 1. The van der Waals surface area contributed by atoms with Crippen molar-refractivity contribution < 1.29 is 18.7 Å². The van der Waals surface area contributed by atoms with E-state index in [1.54, 1.807) is 31.2 Å². The molecule has 0 atom stereocenters. The number of esters is 1. The van der Waals surface area contributed by atoms with Crippen molar-refractivity contribution in [2.75, 3.05) is 18.1 Å². The molecular formula is C19H18BrFN2O3. The maximum absolute atomic E-state index is 13.8. The van der Waals surface area contributed by atoms with Gasteiger partial charge in [0.15, 0.2) is 0 Å². The monoisotopic (exact) mass is 420 g/mol. The number of halogens is 2. The van der Waals surface area contributed by atoms with E-state index in [0.717, 1.165) is 11.1 Å². The number of amides is 2. The molecule has 0 radical (unpaired) electrons. The summed E-state index contributed by atoms with van der Waals surface area (Å²) in [6.45, 7) is 2.81. The Morgan fingerprint density at radius 1 is 1.31 bits per heavy atom. The Hall–Kier alpha value is -2.41. The van der Waals surface area contributed by atoms with Crippen LogP contribution in [0.1, 0.15) is 28.4 Å². The van der Waals surface area contributed by atoms with E-state index < -0.39 is 11.8 Å². The van der Waals surface area contributed by atoms with E-state index >= 15 is 0 Å². The predicted molar refractivity (Wildman–Crippen MR) is 99.8 cm³/mol. The highest BCUT2D eigenvalue weighted by atomic mass is 79.9. The summed E-state index contributed by atoms with van der Waals surface area (Å²) in [5.74, 6) is -0.791. The first-order valence-corrected chi connectivity index (χ1v) is 9.08. The largest absolute Gasteiger partial charge is 0.462 e. The molecule has 0 fully saturated rings. The van der Waals surface area contributed by atoms with Crippen molar-refractivity contribution in [1.29, 1.82) is 0 Å². The van der Waals surface area contributed by atoms with Gasteiger partial charge in [-0.2, -0.15) is 0 Å². The van der Waals surface area contributed by atoms with E-state index in [4.69, 9.17) is 4.74 Å². The summed E-state index contributed by atoms with van der Waals surface area (Å²) in [7, 11) is 0. The second-order valence-electron chi connectivity index (χ2n) is 5.88. The first-order valence-electron chi connectivity index (χ1n) is 8.29. The average Bonchev–Trinajstić information content (AvgIpc) is 3.03. The maximum atomic E-state index is 13.8. The third-order valence-corrected chi connectivity index (χ3v) is 4.75. The summed E-state index contributed by atoms with van der Waals surface area (Å²) in [6.07, 6.45) is 0.681. The molecule has 2 amide bonds. The normalized spacial score (nSPS) is 12.7. The van der Waals surface area contributed by atoms with Crippen molar-refractivity contribution in [2.45, 2.75) is 19.9 Å². The number of fused-ring (bicyclic) bond motifs is 1. The van der Waals surface area contributed by atoms with Gasteiger partial charge in [-0.25, -0.2) is 14.0 Å². The molecule has 136 valence electrons. The molecule has 0 aromatic heterocycles. The number of urea groups is 1. The Labute approximate surface area is 159 Å². The molecular weight excluding hydrogens is 403 g/mol. The lowest BCUT2D eigenvalue weighted by Gasteiger charge is -2.18. The fourth-order valence-electron chi connectivity index (χ4n) is 2.89. The van der Waals surface area contributed by atoms with E-state index in [0.29, 0.717) is 35.3 Å². The SMILES string of the molecule is CCOC(=O)c1cccc(CNC(=O)N2CCc3cc(Br)c(F)cc32)c1. The van der Waals surface area contributed by atoms with Crippen LogP contribution in [0.2, 0.25) is 0 Å². The first-order chi connectivity index (χ1) is 12.5. The van der Waals surface area contributed by atoms with Gasteiger partial charge >= 0.3 is 12.0 Å². The molecule has 0 spiro atoms. The number of carbonyl (C=O) groups is 2. The predicted octanol–water partition coefficient (Wildman–Crippen LogP) is 4.04. The molecule has 2 aromatic rings. The molecule has 0 saturated heterocycles. The van der Waals surface area contributed by atoms with Gasteiger partial charge in [0, 0.05) is 13.1 Å². The van der Waals surface area contributed by atoms with Gasteiger partial charge in [-0.3, -0.25) is 4.90 Å². The molecule has 0 aliphatic carbocycles. The van der Waals surface area contributed by atoms with Crippen LogP contribution in [-0.2, 0) is 17.7 Å². The van der Waals surface area contributed by atoms with Gasteiger partial charge in [-0.05, 0) is 64.7 Å². The maximum Gasteiger partial charge on any atom is 0.338 e. The number of hydrogen-bond acceptors (Lipinski definition) is 3. The number of benzene rings is 2. The third-order valence-electron chi connectivity index (χ3n) is 4.14. The summed E-state index contributed by atoms with van der Waals surface area (Å²) >= 11 is 3.16. The zero-order valence-corrected chi connectivity index (χ0v) is 15.8. The van der Waals surface area contributed by atoms with Crippen LogP contribution >= 0.6 is 15.9 Å². The molecule has 0 bridgehead atoms. The van der Waals surface area contributed by atoms with Gasteiger partial charge < -0.3 is 10.1 Å². The molecule has 26 heavy (non-hydrogen) atoms. The number of rotatable bonds is 4. The molecule has 1 N–H and O–H groups in total. The standard InChI is InChI=1S/C19H18BrFN2O3/c1-2-26-18(24)14-5-3-4-12(8-14)11-22-19(25)23-7-6-13-9-15(20)16(21)10-17(13)23/h3-5,8-10H,2,6-7,11H2,1H3,(H,22,25). The van der Waals surface area contributed by atoms with Crippen molar-refractivity contribution >= 4 is 33.6 Å². The number of hydrogen-bond donors (Lipinski definition) is 1. The van der Waals surface area contributed by atoms with E-state index in [-0.39, 0.29) is 12.6 Å². The molecule has 7 heteroatoms. The molecule has 0 unspecified atom stereocenters. The van der Waals surface area contributed by atoms with Crippen molar-refractivity contribution in [3.63, 3.8) is 0 Å². The zero-order chi connectivity index (χ0) is 18.7. The van der Waals surface area contributed by atoms with Crippen molar-refractivity contribution in [3.05, 3.63) is 63.4 Å². The van der Waals surface area contributed by atoms with Crippen molar-refractivity contribution in [1.82, 2.24) is 5.32 Å². The van der Waals surface area contributed by atoms with E-state index in [9.17, 15) is 14.0 Å². The zero-order valence-electron chi connectivity index (χ0n) is 14.2. The Morgan fingerprint density at radius 3 is 2.88 bits per heavy atom. The van der Waals surface area contributed by atoms with Crippen LogP contribution in [0.4, 0.5) is 14.9 Å². The quantitative estimate of drug-likeness (QED) is 0.759. The summed E-state index contributed by atoms with van der Waals surface area (Å²) in [6, 6.07) is 9.69. The van der Waals surface area contributed by atoms with Crippen LogP contribution in [0.5, 0.6) is 0 Å². The van der Waals surface area contributed by atoms with Gasteiger partial charge in [0.05, 0.1) is 22.3 Å². The van der Waals surface area contributed by atoms with Crippen molar-refractivity contribution in [2.24, 2.45) is 0 Å². The number of carbonyl (C=O) groups excluding carboxylic acids is 2. The van der Waals surface area contributed by atoms with Crippen LogP contribution < -0.4 is 10.2 Å². The van der Waals surface area contributed by atoms with E-state index in [1.807, 2.05) is 6.07 Å². The number of nitrogens with zero attached hydrogens (tertiary/aromatic N) is 1. The van der Waals surface area contributed by atoms with Gasteiger partial charge in [0.1, 0.15) is 5.82 Å². The van der Waals surface area contributed by atoms with Gasteiger partial charge in [-0.1, -0.05) is 12.1 Å². The fourth-order valence-corrected chi connectivity index (χ4v) is 3.28. The van der Waals surface area contributed by atoms with Crippen LogP contribution in [-0.4, -0.2) is 25.2 Å². The lowest BCUT2D eigenvalue weighted by molar-refractivity contribution is 0.0526. The van der Waals surface area contributed by atoms with Gasteiger partial charge in [-0.15, -0.1) is 0 Å². The average molecular weight is 421 g/mol. The van der Waals surface area contributed by atoms with Crippen LogP contribution in [0, 0.1) is 5.82 Å². The minimum Gasteiger partial charge on any atom is -0.462 e. The molecule has 5 nitrogen and oxygen atoms in total. The lowest BCUT2D eigenvalue weighted by Crippen LogP contribution is -2.38. The molecule has 0 saturated carbocycles. The van der Waals surface area contributed by atoms with Crippen LogP contribution in [0.3, 0.4) is 0 Å². The first kappa shape index (κ1) is 18.4. The molecule has 1 heterocycles. The summed E-state index contributed by atoms with van der Waals surface area (Å²) in [4.78, 5) is 25.8.